The number of rotatable bonds is 5. The fraction of sp³-hybridized carbons (Fsp3) is 0.583. The maximum Gasteiger partial charge on any atom is 0.157 e. The van der Waals surface area contributed by atoms with Gasteiger partial charge in [0.05, 0.1) is 6.61 Å². The molecule has 98 valence electrons. The lowest BCUT2D eigenvalue weighted by Gasteiger charge is -2.30. The van der Waals surface area contributed by atoms with Crippen LogP contribution in [0.25, 0.3) is 0 Å². The molecule has 5 nitrogen and oxygen atoms in total. The highest BCUT2D eigenvalue weighted by Crippen LogP contribution is 2.28. The summed E-state index contributed by atoms with van der Waals surface area (Å²) in [7, 11) is 0. The molecular formula is C12H18N4OS. The van der Waals surface area contributed by atoms with E-state index in [1.807, 2.05) is 0 Å². The van der Waals surface area contributed by atoms with Gasteiger partial charge in [0.15, 0.2) is 5.82 Å². The Labute approximate surface area is 112 Å². The zero-order chi connectivity index (χ0) is 13.0. The maximum atomic E-state index is 9.23. The molecule has 1 aromatic rings. The number of hydrogen-bond donors (Lipinski definition) is 2. The molecule has 18 heavy (non-hydrogen) atoms. The minimum absolute atomic E-state index is 0.0872. The van der Waals surface area contributed by atoms with E-state index in [1.54, 1.807) is 12.4 Å². The van der Waals surface area contributed by atoms with E-state index >= 15 is 0 Å². The maximum absolute atomic E-state index is 9.23. The molecule has 2 rings (SSSR count). The SMILES string of the molecule is NC(=S)c1nccnc1N(CCO)C1CCCC1. The molecule has 1 fully saturated rings. The van der Waals surface area contributed by atoms with Crippen molar-refractivity contribution in [1.29, 1.82) is 0 Å². The average molecular weight is 266 g/mol. The predicted octanol–water partition coefficient (Wildman–Crippen LogP) is 0.852. The summed E-state index contributed by atoms with van der Waals surface area (Å²) in [5.41, 5.74) is 6.24. The summed E-state index contributed by atoms with van der Waals surface area (Å²) in [6.07, 6.45) is 7.89. The summed E-state index contributed by atoms with van der Waals surface area (Å²) in [6, 6.07) is 0.405. The number of aromatic nitrogens is 2. The van der Waals surface area contributed by atoms with Crippen molar-refractivity contribution in [1.82, 2.24) is 9.97 Å². The summed E-state index contributed by atoms with van der Waals surface area (Å²) >= 11 is 5.01. The van der Waals surface area contributed by atoms with Crippen LogP contribution in [-0.2, 0) is 0 Å². The van der Waals surface area contributed by atoms with Crippen LogP contribution >= 0.6 is 12.2 Å². The zero-order valence-electron chi connectivity index (χ0n) is 10.2. The molecule has 1 aliphatic carbocycles. The first-order valence-corrected chi connectivity index (χ1v) is 6.63. The molecule has 0 amide bonds. The van der Waals surface area contributed by atoms with Gasteiger partial charge in [0.2, 0.25) is 0 Å². The number of nitrogens with two attached hydrogens (primary N) is 1. The van der Waals surface area contributed by atoms with Crippen LogP contribution in [0.4, 0.5) is 5.82 Å². The van der Waals surface area contributed by atoms with Gasteiger partial charge in [0.1, 0.15) is 10.7 Å². The minimum Gasteiger partial charge on any atom is -0.395 e. The van der Waals surface area contributed by atoms with Crippen molar-refractivity contribution >= 4 is 23.0 Å². The molecule has 1 aromatic heterocycles. The third kappa shape index (κ3) is 2.76. The molecule has 0 aliphatic heterocycles. The molecule has 3 N–H and O–H groups in total. The molecule has 0 bridgehead atoms. The first-order chi connectivity index (χ1) is 8.74. The van der Waals surface area contributed by atoms with E-state index in [2.05, 4.69) is 14.9 Å². The standard InChI is InChI=1S/C12H18N4OS/c13-11(18)10-12(15-6-5-14-10)16(7-8-17)9-3-1-2-4-9/h5-6,9,17H,1-4,7-8H2,(H2,13,18). The van der Waals surface area contributed by atoms with Crippen LogP contribution in [0.2, 0.25) is 0 Å². The number of aliphatic hydroxyl groups is 1. The van der Waals surface area contributed by atoms with Gasteiger partial charge in [-0.25, -0.2) is 9.97 Å². The Hall–Kier alpha value is -1.27. The second-order valence-electron chi connectivity index (χ2n) is 4.45. The van der Waals surface area contributed by atoms with Gasteiger partial charge in [0.25, 0.3) is 0 Å². The summed E-state index contributed by atoms with van der Waals surface area (Å²) in [4.78, 5) is 10.9. The Bertz CT molecular complexity index is 420. The number of thiocarbonyl (C=S) groups is 1. The van der Waals surface area contributed by atoms with Gasteiger partial charge in [-0.3, -0.25) is 0 Å². The number of hydrogen-bond acceptors (Lipinski definition) is 5. The third-order valence-corrected chi connectivity index (χ3v) is 3.48. The molecule has 0 radical (unpaired) electrons. The quantitative estimate of drug-likeness (QED) is 0.770. The monoisotopic (exact) mass is 266 g/mol. The second kappa shape index (κ2) is 6.06. The van der Waals surface area contributed by atoms with Crippen LogP contribution < -0.4 is 10.6 Å². The Morgan fingerprint density at radius 3 is 2.67 bits per heavy atom. The van der Waals surface area contributed by atoms with E-state index in [4.69, 9.17) is 18.0 Å². The zero-order valence-corrected chi connectivity index (χ0v) is 11.1. The molecule has 6 heteroatoms. The molecule has 0 atom stereocenters. The highest BCUT2D eigenvalue weighted by molar-refractivity contribution is 7.80. The van der Waals surface area contributed by atoms with Crippen molar-refractivity contribution in [3.8, 4) is 0 Å². The van der Waals surface area contributed by atoms with Crippen LogP contribution in [0.5, 0.6) is 0 Å². The second-order valence-corrected chi connectivity index (χ2v) is 4.89. The lowest BCUT2D eigenvalue weighted by Crippen LogP contribution is -2.38. The fourth-order valence-corrected chi connectivity index (χ4v) is 2.64. The van der Waals surface area contributed by atoms with E-state index < -0.39 is 0 Å². The molecule has 0 spiro atoms. The summed E-state index contributed by atoms with van der Waals surface area (Å²) < 4.78 is 0. The summed E-state index contributed by atoms with van der Waals surface area (Å²) in [5.74, 6) is 0.700. The predicted molar refractivity (Wildman–Crippen MR) is 74.6 cm³/mol. The number of nitrogens with zero attached hydrogens (tertiary/aromatic N) is 3. The Balaban J connectivity index is 2.32. The lowest BCUT2D eigenvalue weighted by atomic mass is 10.2. The van der Waals surface area contributed by atoms with Crippen molar-refractivity contribution in [2.45, 2.75) is 31.7 Å². The highest BCUT2D eigenvalue weighted by atomic mass is 32.1. The van der Waals surface area contributed by atoms with Gasteiger partial charge in [-0.1, -0.05) is 25.1 Å². The van der Waals surface area contributed by atoms with Gasteiger partial charge in [-0.2, -0.15) is 0 Å². The Kier molecular flexibility index (Phi) is 4.43. The van der Waals surface area contributed by atoms with Crippen molar-refractivity contribution in [3.63, 3.8) is 0 Å². The molecule has 0 unspecified atom stereocenters. The topological polar surface area (TPSA) is 75.3 Å². The van der Waals surface area contributed by atoms with Gasteiger partial charge in [0, 0.05) is 25.0 Å². The van der Waals surface area contributed by atoms with Crippen LogP contribution in [0.3, 0.4) is 0 Å². The first-order valence-electron chi connectivity index (χ1n) is 6.22. The molecular weight excluding hydrogens is 248 g/mol. The fourth-order valence-electron chi connectivity index (χ4n) is 2.50. The van der Waals surface area contributed by atoms with E-state index in [9.17, 15) is 5.11 Å². The van der Waals surface area contributed by atoms with Gasteiger partial charge >= 0.3 is 0 Å². The molecule has 0 saturated heterocycles. The molecule has 1 aliphatic rings. The minimum atomic E-state index is 0.0872. The van der Waals surface area contributed by atoms with E-state index in [-0.39, 0.29) is 11.6 Å². The number of anilines is 1. The molecule has 1 saturated carbocycles. The van der Waals surface area contributed by atoms with Crippen molar-refractivity contribution in [3.05, 3.63) is 18.1 Å². The van der Waals surface area contributed by atoms with Crippen LogP contribution in [0.15, 0.2) is 12.4 Å². The van der Waals surface area contributed by atoms with Crippen molar-refractivity contribution < 1.29 is 5.11 Å². The lowest BCUT2D eigenvalue weighted by molar-refractivity contribution is 0.296. The largest absolute Gasteiger partial charge is 0.395 e. The Morgan fingerprint density at radius 1 is 1.39 bits per heavy atom. The normalized spacial score (nSPS) is 15.8. The number of aliphatic hydroxyl groups excluding tert-OH is 1. The van der Waals surface area contributed by atoms with Gasteiger partial charge in [-0.15, -0.1) is 0 Å². The molecule has 0 aromatic carbocycles. The van der Waals surface area contributed by atoms with Crippen LogP contribution in [0.1, 0.15) is 31.4 Å². The van der Waals surface area contributed by atoms with Gasteiger partial charge < -0.3 is 15.7 Å². The average Bonchev–Trinajstić information content (AvgIpc) is 2.89. The Morgan fingerprint density at radius 2 is 2.06 bits per heavy atom. The summed E-state index contributed by atoms with van der Waals surface area (Å²) in [6.45, 7) is 0.628. The molecule has 1 heterocycles. The van der Waals surface area contributed by atoms with E-state index in [0.717, 1.165) is 12.8 Å². The van der Waals surface area contributed by atoms with E-state index in [0.29, 0.717) is 24.1 Å². The van der Waals surface area contributed by atoms with Crippen molar-refractivity contribution in [2.75, 3.05) is 18.1 Å². The van der Waals surface area contributed by atoms with E-state index in [1.165, 1.54) is 12.8 Å². The smallest absolute Gasteiger partial charge is 0.157 e. The summed E-state index contributed by atoms with van der Waals surface area (Å²) in [5, 5.41) is 9.23. The van der Waals surface area contributed by atoms with Crippen LogP contribution in [0, 0.1) is 0 Å². The highest BCUT2D eigenvalue weighted by Gasteiger charge is 2.26. The van der Waals surface area contributed by atoms with Crippen molar-refractivity contribution in [2.24, 2.45) is 5.73 Å². The van der Waals surface area contributed by atoms with Crippen LogP contribution in [-0.4, -0.2) is 39.3 Å². The third-order valence-electron chi connectivity index (χ3n) is 3.29. The van der Waals surface area contributed by atoms with Gasteiger partial charge in [-0.05, 0) is 12.8 Å². The first kappa shape index (κ1) is 13.2.